The molecule has 0 N–H and O–H groups in total. The van der Waals surface area contributed by atoms with E-state index in [0.717, 1.165) is 44.5 Å². The van der Waals surface area contributed by atoms with Gasteiger partial charge in [0.2, 0.25) is 5.91 Å². The Hall–Kier alpha value is -2.09. The van der Waals surface area contributed by atoms with E-state index >= 15 is 0 Å². The van der Waals surface area contributed by atoms with E-state index in [1.807, 2.05) is 11.9 Å². The van der Waals surface area contributed by atoms with E-state index < -0.39 is 0 Å². The first-order valence-corrected chi connectivity index (χ1v) is 7.56. The monoisotopic (exact) mass is 284 g/mol. The van der Waals surface area contributed by atoms with Gasteiger partial charge >= 0.3 is 0 Å². The summed E-state index contributed by atoms with van der Waals surface area (Å²) in [6, 6.07) is 4.21. The Morgan fingerprint density at radius 2 is 2.29 bits per heavy atom. The third-order valence-electron chi connectivity index (χ3n) is 4.48. The normalized spacial score (nSPS) is 21.7. The van der Waals surface area contributed by atoms with Crippen molar-refractivity contribution in [3.63, 3.8) is 0 Å². The van der Waals surface area contributed by atoms with E-state index in [4.69, 9.17) is 0 Å². The van der Waals surface area contributed by atoms with Crippen molar-refractivity contribution >= 4 is 11.6 Å². The van der Waals surface area contributed by atoms with Crippen LogP contribution in [0, 0.1) is 17.2 Å². The van der Waals surface area contributed by atoms with E-state index in [2.05, 4.69) is 16.0 Å². The first-order valence-electron chi connectivity index (χ1n) is 7.56. The van der Waals surface area contributed by atoms with Crippen LogP contribution in [-0.4, -0.2) is 42.0 Å². The number of aromatic nitrogens is 1. The second-order valence-electron chi connectivity index (χ2n) is 5.97. The summed E-state index contributed by atoms with van der Waals surface area (Å²) in [6.45, 7) is 1.71. The second-order valence-corrected chi connectivity index (χ2v) is 5.97. The number of likely N-dealkylation sites (N-methyl/N-ethyl adjacent to an activating group) is 1. The van der Waals surface area contributed by atoms with Crippen LogP contribution >= 0.6 is 0 Å². The van der Waals surface area contributed by atoms with Gasteiger partial charge in [-0.25, -0.2) is 0 Å². The van der Waals surface area contributed by atoms with E-state index in [1.54, 1.807) is 18.5 Å². The minimum atomic E-state index is 0.235. The van der Waals surface area contributed by atoms with Gasteiger partial charge in [-0.3, -0.25) is 9.78 Å². The molecule has 2 heterocycles. The summed E-state index contributed by atoms with van der Waals surface area (Å²) in [4.78, 5) is 20.5. The Morgan fingerprint density at radius 3 is 3.00 bits per heavy atom. The number of piperidine rings is 1. The van der Waals surface area contributed by atoms with Crippen molar-refractivity contribution in [2.24, 2.45) is 5.92 Å². The van der Waals surface area contributed by atoms with Crippen molar-refractivity contribution in [3.8, 4) is 6.07 Å². The van der Waals surface area contributed by atoms with Crippen LogP contribution in [0.1, 0.15) is 31.2 Å². The molecule has 110 valence electrons. The van der Waals surface area contributed by atoms with Gasteiger partial charge < -0.3 is 9.80 Å². The molecule has 1 saturated heterocycles. The summed E-state index contributed by atoms with van der Waals surface area (Å²) in [5.74, 6) is 0.548. The summed E-state index contributed by atoms with van der Waals surface area (Å²) in [7, 11) is 1.92. The number of pyridine rings is 1. The zero-order valence-electron chi connectivity index (χ0n) is 12.3. The standard InChI is InChI=1S/C16H20N4O/c1-19(16(21)12-4-5-12)14-3-2-8-20(11-14)15-10-18-7-6-13(15)9-17/h6-7,10,12,14H,2-5,8,11H2,1H3. The molecule has 1 unspecified atom stereocenters. The third-order valence-corrected chi connectivity index (χ3v) is 4.48. The van der Waals surface area contributed by atoms with Gasteiger partial charge in [-0.05, 0) is 31.7 Å². The molecule has 3 rings (SSSR count). The molecule has 5 heteroatoms. The summed E-state index contributed by atoms with van der Waals surface area (Å²) in [6.07, 6.45) is 7.55. The average Bonchev–Trinajstić information content (AvgIpc) is 3.38. The predicted octanol–water partition coefficient (Wildman–Crippen LogP) is 1.79. The number of nitriles is 1. The lowest BCUT2D eigenvalue weighted by molar-refractivity contribution is -0.133. The molecule has 21 heavy (non-hydrogen) atoms. The fourth-order valence-corrected chi connectivity index (χ4v) is 3.02. The van der Waals surface area contributed by atoms with Crippen molar-refractivity contribution in [2.75, 3.05) is 25.0 Å². The largest absolute Gasteiger partial charge is 0.367 e. The molecule has 2 aliphatic rings. The lowest BCUT2D eigenvalue weighted by Crippen LogP contribution is -2.49. The zero-order chi connectivity index (χ0) is 14.8. The molecule has 1 saturated carbocycles. The molecule has 5 nitrogen and oxygen atoms in total. The van der Waals surface area contributed by atoms with Gasteiger partial charge in [0.05, 0.1) is 17.4 Å². The number of hydrogen-bond donors (Lipinski definition) is 0. The molecule has 1 amide bonds. The highest BCUT2D eigenvalue weighted by Gasteiger charge is 2.36. The summed E-state index contributed by atoms with van der Waals surface area (Å²) in [5, 5.41) is 9.22. The Labute approximate surface area is 125 Å². The van der Waals surface area contributed by atoms with Crippen LogP contribution in [0.4, 0.5) is 5.69 Å². The molecule has 0 aromatic carbocycles. The van der Waals surface area contributed by atoms with Crippen LogP contribution in [0.25, 0.3) is 0 Å². The maximum atomic E-state index is 12.2. The van der Waals surface area contributed by atoms with Crippen molar-refractivity contribution in [2.45, 2.75) is 31.7 Å². The summed E-state index contributed by atoms with van der Waals surface area (Å²) in [5.41, 5.74) is 1.54. The van der Waals surface area contributed by atoms with Crippen molar-refractivity contribution in [3.05, 3.63) is 24.0 Å². The Kier molecular flexibility index (Phi) is 3.78. The van der Waals surface area contributed by atoms with E-state index in [9.17, 15) is 10.1 Å². The maximum Gasteiger partial charge on any atom is 0.225 e. The lowest BCUT2D eigenvalue weighted by Gasteiger charge is -2.39. The van der Waals surface area contributed by atoms with Crippen LogP contribution in [0.15, 0.2) is 18.5 Å². The molecule has 2 fully saturated rings. The third kappa shape index (κ3) is 2.85. The smallest absolute Gasteiger partial charge is 0.225 e. The number of rotatable bonds is 3. The maximum absolute atomic E-state index is 12.2. The minimum Gasteiger partial charge on any atom is -0.367 e. The van der Waals surface area contributed by atoms with Crippen LogP contribution in [-0.2, 0) is 4.79 Å². The fourth-order valence-electron chi connectivity index (χ4n) is 3.02. The molecule has 0 spiro atoms. The van der Waals surface area contributed by atoms with Gasteiger partial charge in [0.25, 0.3) is 0 Å². The van der Waals surface area contributed by atoms with Crippen molar-refractivity contribution in [1.82, 2.24) is 9.88 Å². The Balaban J connectivity index is 1.73. The molecular weight excluding hydrogens is 264 g/mol. The van der Waals surface area contributed by atoms with Crippen LogP contribution in [0.2, 0.25) is 0 Å². The van der Waals surface area contributed by atoms with Crippen LogP contribution in [0.5, 0.6) is 0 Å². The molecule has 1 atom stereocenters. The second kappa shape index (κ2) is 5.72. The molecule has 0 radical (unpaired) electrons. The number of hydrogen-bond acceptors (Lipinski definition) is 4. The highest BCUT2D eigenvalue weighted by atomic mass is 16.2. The number of carbonyl (C=O) groups excluding carboxylic acids is 1. The molecular formula is C16H20N4O. The first kappa shape index (κ1) is 13.9. The fraction of sp³-hybridized carbons (Fsp3) is 0.562. The predicted molar refractivity (Wildman–Crippen MR) is 79.7 cm³/mol. The molecule has 1 aliphatic carbocycles. The van der Waals surface area contributed by atoms with Gasteiger partial charge in [0.15, 0.2) is 0 Å². The number of nitrogens with zero attached hydrogens (tertiary/aromatic N) is 4. The Morgan fingerprint density at radius 1 is 1.48 bits per heavy atom. The molecule has 1 aliphatic heterocycles. The van der Waals surface area contributed by atoms with Gasteiger partial charge in [0, 0.05) is 38.3 Å². The van der Waals surface area contributed by atoms with Gasteiger partial charge in [-0.2, -0.15) is 5.26 Å². The van der Waals surface area contributed by atoms with E-state index in [-0.39, 0.29) is 17.9 Å². The van der Waals surface area contributed by atoms with Crippen LogP contribution < -0.4 is 4.90 Å². The van der Waals surface area contributed by atoms with Gasteiger partial charge in [-0.1, -0.05) is 0 Å². The number of amides is 1. The highest BCUT2D eigenvalue weighted by molar-refractivity contribution is 5.81. The van der Waals surface area contributed by atoms with E-state index in [0.29, 0.717) is 5.56 Å². The summed E-state index contributed by atoms with van der Waals surface area (Å²) < 4.78 is 0. The molecule has 0 bridgehead atoms. The zero-order valence-corrected chi connectivity index (χ0v) is 12.3. The quantitative estimate of drug-likeness (QED) is 0.849. The SMILES string of the molecule is CN(C(=O)C1CC1)C1CCCN(c2cnccc2C#N)C1. The molecule has 1 aromatic rings. The van der Waals surface area contributed by atoms with E-state index in [1.165, 1.54) is 0 Å². The van der Waals surface area contributed by atoms with Gasteiger partial charge in [-0.15, -0.1) is 0 Å². The topological polar surface area (TPSA) is 60.2 Å². The van der Waals surface area contributed by atoms with Gasteiger partial charge in [0.1, 0.15) is 6.07 Å². The lowest BCUT2D eigenvalue weighted by atomic mass is 10.0. The minimum absolute atomic E-state index is 0.235. The molecule has 1 aromatic heterocycles. The van der Waals surface area contributed by atoms with Crippen molar-refractivity contribution < 1.29 is 4.79 Å². The number of anilines is 1. The first-order chi connectivity index (χ1) is 10.2. The Bertz CT molecular complexity index is 576. The van der Waals surface area contributed by atoms with Crippen LogP contribution in [0.3, 0.4) is 0 Å². The van der Waals surface area contributed by atoms with Crippen molar-refractivity contribution in [1.29, 1.82) is 5.26 Å². The summed E-state index contributed by atoms with van der Waals surface area (Å²) >= 11 is 0. The average molecular weight is 284 g/mol. The highest BCUT2D eigenvalue weighted by Crippen LogP contribution is 2.32. The number of carbonyl (C=O) groups is 1.